The van der Waals surface area contributed by atoms with Gasteiger partial charge < -0.3 is 10.1 Å². The van der Waals surface area contributed by atoms with E-state index < -0.39 is 0 Å². The smallest absolute Gasteiger partial charge is 0.258 e. The van der Waals surface area contributed by atoms with Crippen molar-refractivity contribution in [1.82, 2.24) is 10.3 Å². The molecule has 124 valence electrons. The minimum absolute atomic E-state index is 0.111. The average molecular weight is 349 g/mol. The zero-order valence-corrected chi connectivity index (χ0v) is 14.1. The number of ether oxygens (including phenoxy) is 1. The van der Waals surface area contributed by atoms with Crippen LogP contribution in [0.15, 0.2) is 66.2 Å². The predicted octanol–water partition coefficient (Wildman–Crippen LogP) is 3.30. The van der Waals surface area contributed by atoms with Gasteiger partial charge in [-0.1, -0.05) is 30.3 Å². The Morgan fingerprint density at radius 2 is 1.96 bits per heavy atom. The molecule has 0 fully saturated rings. The van der Waals surface area contributed by atoms with Crippen LogP contribution in [0.25, 0.3) is 0 Å². The van der Waals surface area contributed by atoms with Gasteiger partial charge in [0.1, 0.15) is 16.8 Å². The molecule has 0 saturated heterocycles. The Balaban J connectivity index is 1.65. The number of hydrogen-bond donors (Lipinski definition) is 1. The lowest BCUT2D eigenvalue weighted by atomic mass is 10.1. The first-order valence-corrected chi connectivity index (χ1v) is 8.51. The van der Waals surface area contributed by atoms with Crippen molar-refractivity contribution in [3.8, 4) is 11.8 Å². The molecule has 1 heterocycles. The Kier molecular flexibility index (Phi) is 5.39. The molecule has 1 amide bonds. The molecule has 0 aliphatic rings. The summed E-state index contributed by atoms with van der Waals surface area (Å²) in [6.07, 6.45) is 1.72. The molecule has 25 heavy (non-hydrogen) atoms. The first-order valence-electron chi connectivity index (χ1n) is 7.63. The van der Waals surface area contributed by atoms with Crippen LogP contribution in [0, 0.1) is 11.3 Å². The number of aromatic nitrogens is 1. The third-order valence-electron chi connectivity index (χ3n) is 3.49. The number of rotatable bonds is 6. The highest BCUT2D eigenvalue weighted by Gasteiger charge is 2.19. The van der Waals surface area contributed by atoms with Crippen molar-refractivity contribution >= 4 is 17.2 Å². The Labute approximate surface area is 149 Å². The van der Waals surface area contributed by atoms with Crippen molar-refractivity contribution in [2.75, 3.05) is 6.61 Å². The van der Waals surface area contributed by atoms with Gasteiger partial charge in [0.05, 0.1) is 11.6 Å². The molecule has 0 aliphatic heterocycles. The molecule has 0 spiro atoms. The summed E-state index contributed by atoms with van der Waals surface area (Å²) in [5.41, 5.74) is 1.51. The summed E-state index contributed by atoms with van der Waals surface area (Å²) < 4.78 is 5.48. The number of nitriles is 1. The molecule has 0 saturated carbocycles. The van der Waals surface area contributed by atoms with Crippen molar-refractivity contribution in [2.24, 2.45) is 0 Å². The lowest BCUT2D eigenvalue weighted by molar-refractivity contribution is -0.123. The number of carbonyl (C=O) groups is 1. The summed E-state index contributed by atoms with van der Waals surface area (Å²) in [7, 11) is 0. The number of hydrogen-bond acceptors (Lipinski definition) is 5. The van der Waals surface area contributed by atoms with Crippen molar-refractivity contribution in [2.45, 2.75) is 6.04 Å². The van der Waals surface area contributed by atoms with Gasteiger partial charge in [-0.15, -0.1) is 11.3 Å². The summed E-state index contributed by atoms with van der Waals surface area (Å²) in [5.74, 6) is 0.299. The van der Waals surface area contributed by atoms with Crippen LogP contribution in [0.5, 0.6) is 5.75 Å². The van der Waals surface area contributed by atoms with Crippen LogP contribution in [0.4, 0.5) is 0 Å². The van der Waals surface area contributed by atoms with E-state index in [4.69, 9.17) is 10.00 Å². The maximum Gasteiger partial charge on any atom is 0.258 e. The summed E-state index contributed by atoms with van der Waals surface area (Å²) in [5, 5.41) is 14.4. The van der Waals surface area contributed by atoms with Crippen LogP contribution in [0.1, 0.15) is 22.2 Å². The minimum atomic E-state index is -0.307. The fourth-order valence-electron chi connectivity index (χ4n) is 2.29. The van der Waals surface area contributed by atoms with Crippen LogP contribution < -0.4 is 10.1 Å². The molecule has 3 rings (SSSR count). The van der Waals surface area contributed by atoms with E-state index in [-0.39, 0.29) is 18.6 Å². The van der Waals surface area contributed by atoms with Crippen LogP contribution in [-0.2, 0) is 4.79 Å². The van der Waals surface area contributed by atoms with E-state index in [0.29, 0.717) is 11.3 Å². The molecule has 5 nitrogen and oxygen atoms in total. The number of nitrogens with one attached hydrogen (secondary N) is 1. The molecule has 3 aromatic rings. The van der Waals surface area contributed by atoms with Crippen LogP contribution in [0.3, 0.4) is 0 Å². The number of carbonyl (C=O) groups excluding carboxylic acids is 1. The van der Waals surface area contributed by atoms with Gasteiger partial charge in [-0.2, -0.15) is 5.26 Å². The highest BCUT2D eigenvalue weighted by Crippen LogP contribution is 2.23. The van der Waals surface area contributed by atoms with E-state index in [1.807, 2.05) is 41.8 Å². The normalized spacial score (nSPS) is 11.3. The lowest BCUT2D eigenvalue weighted by Crippen LogP contribution is -2.33. The second-order valence-corrected chi connectivity index (χ2v) is 6.13. The number of nitrogens with zero attached hydrogens (tertiary/aromatic N) is 2. The highest BCUT2D eigenvalue weighted by atomic mass is 32.1. The van der Waals surface area contributed by atoms with Gasteiger partial charge in [0.2, 0.25) is 0 Å². The van der Waals surface area contributed by atoms with Crippen molar-refractivity contribution in [1.29, 1.82) is 5.26 Å². The van der Waals surface area contributed by atoms with E-state index in [1.54, 1.807) is 30.5 Å². The van der Waals surface area contributed by atoms with E-state index >= 15 is 0 Å². The van der Waals surface area contributed by atoms with Crippen LogP contribution in [0.2, 0.25) is 0 Å². The zero-order chi connectivity index (χ0) is 17.5. The van der Waals surface area contributed by atoms with E-state index in [1.165, 1.54) is 11.3 Å². The fraction of sp³-hybridized carbons (Fsp3) is 0.105. The molecule has 2 aromatic carbocycles. The standard InChI is InChI=1S/C19H15N3O2S/c20-12-14-6-8-16(9-7-14)24-13-17(23)22-18(19-21-10-11-25-19)15-4-2-1-3-5-15/h1-11,18H,13H2,(H,22,23)/t18-/m1/s1. The zero-order valence-electron chi connectivity index (χ0n) is 13.3. The molecule has 0 unspecified atom stereocenters. The van der Waals surface area contributed by atoms with Crippen molar-refractivity contribution in [3.05, 3.63) is 82.3 Å². The SMILES string of the molecule is N#Cc1ccc(OCC(=O)N[C@H](c2ccccc2)c2nccs2)cc1. The molecule has 1 aromatic heterocycles. The second kappa shape index (κ2) is 8.08. The van der Waals surface area contributed by atoms with Crippen LogP contribution in [-0.4, -0.2) is 17.5 Å². The maximum absolute atomic E-state index is 12.3. The van der Waals surface area contributed by atoms with Gasteiger partial charge in [-0.05, 0) is 29.8 Å². The van der Waals surface area contributed by atoms with E-state index in [0.717, 1.165) is 10.6 Å². The highest BCUT2D eigenvalue weighted by molar-refractivity contribution is 7.09. The summed E-state index contributed by atoms with van der Waals surface area (Å²) in [6, 6.07) is 18.0. The molecule has 1 atom stereocenters. The number of amides is 1. The van der Waals surface area contributed by atoms with Gasteiger partial charge in [-0.3, -0.25) is 4.79 Å². The summed E-state index contributed by atoms with van der Waals surface area (Å²) in [6.45, 7) is -0.111. The third-order valence-corrected chi connectivity index (χ3v) is 4.33. The monoisotopic (exact) mass is 349 g/mol. The molecule has 0 aliphatic carbocycles. The first-order chi connectivity index (χ1) is 12.3. The molecule has 0 radical (unpaired) electrons. The van der Waals surface area contributed by atoms with Gasteiger partial charge >= 0.3 is 0 Å². The van der Waals surface area contributed by atoms with E-state index in [9.17, 15) is 4.79 Å². The molecule has 1 N–H and O–H groups in total. The van der Waals surface area contributed by atoms with Crippen molar-refractivity contribution < 1.29 is 9.53 Å². The largest absolute Gasteiger partial charge is 0.484 e. The lowest BCUT2D eigenvalue weighted by Gasteiger charge is -2.17. The Hall–Kier alpha value is -3.17. The molecular formula is C19H15N3O2S. The van der Waals surface area contributed by atoms with Gasteiger partial charge in [0.25, 0.3) is 5.91 Å². The second-order valence-electron chi connectivity index (χ2n) is 5.21. The number of benzene rings is 2. The molecule has 0 bridgehead atoms. The van der Waals surface area contributed by atoms with Gasteiger partial charge in [0, 0.05) is 11.6 Å². The van der Waals surface area contributed by atoms with E-state index in [2.05, 4.69) is 10.3 Å². The quantitative estimate of drug-likeness (QED) is 0.741. The maximum atomic E-state index is 12.3. The third kappa shape index (κ3) is 4.43. The number of thiazole rings is 1. The van der Waals surface area contributed by atoms with Crippen LogP contribution >= 0.6 is 11.3 Å². The Morgan fingerprint density at radius 3 is 2.60 bits per heavy atom. The fourth-order valence-corrected chi connectivity index (χ4v) is 3.00. The topological polar surface area (TPSA) is 75.0 Å². The van der Waals surface area contributed by atoms with Gasteiger partial charge in [-0.25, -0.2) is 4.98 Å². The minimum Gasteiger partial charge on any atom is -0.484 e. The predicted molar refractivity (Wildman–Crippen MR) is 95.2 cm³/mol. The Bertz CT molecular complexity index is 856. The van der Waals surface area contributed by atoms with Crippen molar-refractivity contribution in [3.63, 3.8) is 0 Å². The summed E-state index contributed by atoms with van der Waals surface area (Å²) in [4.78, 5) is 16.6. The summed E-state index contributed by atoms with van der Waals surface area (Å²) >= 11 is 1.49. The average Bonchev–Trinajstić information content (AvgIpc) is 3.20. The molecular weight excluding hydrogens is 334 g/mol. The first kappa shape index (κ1) is 16.7. The molecule has 6 heteroatoms. The Morgan fingerprint density at radius 1 is 1.20 bits per heavy atom. The van der Waals surface area contributed by atoms with Gasteiger partial charge in [0.15, 0.2) is 6.61 Å².